The van der Waals surface area contributed by atoms with Gasteiger partial charge >= 0.3 is 0 Å². The minimum Gasteiger partial charge on any atom is -0.278 e. The summed E-state index contributed by atoms with van der Waals surface area (Å²) in [6.07, 6.45) is 0. The molecular weight excluding hydrogens is 480 g/mol. The molecule has 0 amide bonds. The number of thiophene rings is 2. The average Bonchev–Trinajstić information content (AvgIpc) is 3.60. The molecular formula is C30H22N4S2. The fraction of sp³-hybridized carbons (Fsp3) is 0.0667. The zero-order valence-corrected chi connectivity index (χ0v) is 21.4. The average molecular weight is 503 g/mol. The normalized spacial score (nSPS) is 13.1. The zero-order chi connectivity index (χ0) is 24.2. The Kier molecular flexibility index (Phi) is 4.91. The molecule has 0 saturated carbocycles. The molecule has 0 bridgehead atoms. The molecule has 0 aliphatic heterocycles. The summed E-state index contributed by atoms with van der Waals surface area (Å²) in [6, 6.07) is 29.4. The van der Waals surface area contributed by atoms with Gasteiger partial charge in [-0.05, 0) is 62.4 Å². The first-order chi connectivity index (χ1) is 17.7. The lowest BCUT2D eigenvalue weighted by Crippen LogP contribution is -2.05. The smallest absolute Gasteiger partial charge is 0.0999 e. The van der Waals surface area contributed by atoms with Gasteiger partial charge in [-0.1, -0.05) is 36.4 Å². The van der Waals surface area contributed by atoms with E-state index >= 15 is 0 Å². The van der Waals surface area contributed by atoms with Crippen molar-refractivity contribution in [2.24, 2.45) is 10.2 Å². The molecule has 0 spiro atoms. The van der Waals surface area contributed by atoms with E-state index < -0.39 is 0 Å². The van der Waals surface area contributed by atoms with Gasteiger partial charge in [-0.2, -0.15) is 10.2 Å². The molecule has 0 saturated heterocycles. The maximum Gasteiger partial charge on any atom is 0.0999 e. The van der Waals surface area contributed by atoms with Crippen LogP contribution >= 0.6 is 22.7 Å². The molecule has 7 aromatic rings. The highest BCUT2D eigenvalue weighted by atomic mass is 32.1. The topological polar surface area (TPSA) is 48.8 Å². The van der Waals surface area contributed by atoms with Crippen molar-refractivity contribution >= 4 is 75.8 Å². The summed E-state index contributed by atoms with van der Waals surface area (Å²) in [4.78, 5) is 2.57. The number of aryl methyl sites for hydroxylation is 2. The number of para-hydroxylation sites is 2. The van der Waals surface area contributed by atoms with Crippen LogP contribution in [0.1, 0.15) is 9.75 Å². The maximum atomic E-state index is 4.91. The third-order valence-corrected chi connectivity index (χ3v) is 8.69. The van der Waals surface area contributed by atoms with Crippen LogP contribution in [0.25, 0.3) is 41.7 Å². The first-order valence-corrected chi connectivity index (χ1v) is 13.5. The number of hydrogen-bond acceptors (Lipinski definition) is 6. The third kappa shape index (κ3) is 3.41. The standard InChI is InChI=1S/C30H22N4S2/c1-17-13-25-27(33-31-19-9-5-3-6-10-19)21-16-24-22(15-23(21)29(25)35-17)28(26-14-18(2)36-30(24)26)34-32-20-11-7-4-8-12-20/h3-16,31-32H,1-2H3/b33-27-,34-28-. The quantitative estimate of drug-likeness (QED) is 0.242. The van der Waals surface area contributed by atoms with Crippen LogP contribution in [0.2, 0.25) is 0 Å². The van der Waals surface area contributed by atoms with Crippen LogP contribution in [0.5, 0.6) is 0 Å². The van der Waals surface area contributed by atoms with Gasteiger partial charge in [0, 0.05) is 51.5 Å². The van der Waals surface area contributed by atoms with Crippen LogP contribution in [0.3, 0.4) is 0 Å². The molecule has 7 rings (SSSR count). The second-order valence-corrected chi connectivity index (χ2v) is 11.5. The van der Waals surface area contributed by atoms with E-state index in [9.17, 15) is 0 Å². The number of nitrogens with zero attached hydrogens (tertiary/aromatic N) is 2. The highest BCUT2D eigenvalue weighted by molar-refractivity contribution is 7.20. The van der Waals surface area contributed by atoms with Gasteiger partial charge in [-0.15, -0.1) is 22.7 Å². The summed E-state index contributed by atoms with van der Waals surface area (Å²) < 4.78 is 2.56. The Hall–Kier alpha value is -4.00. The molecule has 0 unspecified atom stereocenters. The van der Waals surface area contributed by atoms with Gasteiger partial charge in [0.15, 0.2) is 0 Å². The Morgan fingerprint density at radius 3 is 1.33 bits per heavy atom. The molecule has 36 heavy (non-hydrogen) atoms. The SMILES string of the molecule is Cc1cc2/c(=N\Nc3ccccc3)c3cc4c(cc3c2s1)/c(=N/Nc1ccccc1)c1cc(C)sc14. The highest BCUT2D eigenvalue weighted by Gasteiger charge is 2.18. The van der Waals surface area contributed by atoms with E-state index in [4.69, 9.17) is 10.2 Å². The fourth-order valence-electron chi connectivity index (χ4n) is 4.94. The molecule has 0 atom stereocenters. The van der Waals surface area contributed by atoms with Crippen LogP contribution in [0.4, 0.5) is 11.4 Å². The molecule has 0 aliphatic carbocycles. The van der Waals surface area contributed by atoms with Crippen molar-refractivity contribution in [1.29, 1.82) is 0 Å². The Labute approximate surface area is 215 Å². The van der Waals surface area contributed by atoms with E-state index in [1.54, 1.807) is 0 Å². The van der Waals surface area contributed by atoms with E-state index in [2.05, 4.69) is 49.0 Å². The van der Waals surface area contributed by atoms with Crippen LogP contribution in [0, 0.1) is 13.8 Å². The Morgan fingerprint density at radius 1 is 0.500 bits per heavy atom. The molecule has 174 valence electrons. The Bertz CT molecular complexity index is 1860. The van der Waals surface area contributed by atoms with Crippen LogP contribution < -0.4 is 21.6 Å². The van der Waals surface area contributed by atoms with Crippen LogP contribution in [-0.2, 0) is 0 Å². The van der Waals surface area contributed by atoms with Crippen LogP contribution in [-0.4, -0.2) is 0 Å². The van der Waals surface area contributed by atoms with Crippen molar-refractivity contribution in [1.82, 2.24) is 0 Å². The number of rotatable bonds is 4. The molecule has 5 aromatic carbocycles. The summed E-state index contributed by atoms with van der Waals surface area (Å²) >= 11 is 3.66. The predicted octanol–water partition coefficient (Wildman–Crippen LogP) is 7.77. The van der Waals surface area contributed by atoms with Gasteiger partial charge in [-0.3, -0.25) is 10.9 Å². The molecule has 0 radical (unpaired) electrons. The van der Waals surface area contributed by atoms with Crippen molar-refractivity contribution in [3.8, 4) is 0 Å². The maximum absolute atomic E-state index is 4.91. The third-order valence-electron chi connectivity index (χ3n) is 6.52. The summed E-state index contributed by atoms with van der Waals surface area (Å²) in [7, 11) is 0. The summed E-state index contributed by atoms with van der Waals surface area (Å²) in [5.74, 6) is 0. The first kappa shape index (κ1) is 21.3. The molecule has 2 heterocycles. The molecule has 2 aromatic heterocycles. The number of nitrogens with one attached hydrogen (secondary N) is 2. The summed E-state index contributed by atoms with van der Waals surface area (Å²) in [6.45, 7) is 4.32. The van der Waals surface area contributed by atoms with Crippen molar-refractivity contribution in [2.75, 3.05) is 10.9 Å². The molecule has 6 heteroatoms. The minimum absolute atomic E-state index is 0.977. The van der Waals surface area contributed by atoms with E-state index in [1.807, 2.05) is 83.3 Å². The minimum atomic E-state index is 0.977. The van der Waals surface area contributed by atoms with E-state index in [-0.39, 0.29) is 0 Å². The van der Waals surface area contributed by atoms with Gasteiger partial charge in [-0.25, -0.2) is 0 Å². The number of anilines is 2. The predicted molar refractivity (Wildman–Crippen MR) is 155 cm³/mol. The van der Waals surface area contributed by atoms with E-state index in [1.165, 1.54) is 51.5 Å². The van der Waals surface area contributed by atoms with Gasteiger partial charge in [0.2, 0.25) is 0 Å². The molecule has 0 aliphatic rings. The van der Waals surface area contributed by atoms with Gasteiger partial charge in [0.1, 0.15) is 0 Å². The second-order valence-electron chi connectivity index (χ2n) is 9.02. The lowest BCUT2D eigenvalue weighted by Gasteiger charge is -2.00. The molecule has 4 nitrogen and oxygen atoms in total. The highest BCUT2D eigenvalue weighted by Crippen LogP contribution is 2.38. The number of benzene rings is 3. The van der Waals surface area contributed by atoms with E-state index in [0.29, 0.717) is 0 Å². The van der Waals surface area contributed by atoms with Gasteiger partial charge < -0.3 is 0 Å². The Balaban J connectivity index is 1.52. The number of fused-ring (bicyclic) bond motifs is 6. The van der Waals surface area contributed by atoms with Crippen molar-refractivity contribution < 1.29 is 0 Å². The van der Waals surface area contributed by atoms with E-state index in [0.717, 1.165) is 22.1 Å². The van der Waals surface area contributed by atoms with Gasteiger partial charge in [0.05, 0.1) is 22.1 Å². The lowest BCUT2D eigenvalue weighted by atomic mass is 10.1. The second kappa shape index (κ2) is 8.29. The zero-order valence-electron chi connectivity index (χ0n) is 19.8. The van der Waals surface area contributed by atoms with Crippen molar-refractivity contribution in [3.63, 3.8) is 0 Å². The summed E-state index contributed by atoms with van der Waals surface area (Å²) in [5, 5.41) is 19.0. The van der Waals surface area contributed by atoms with Gasteiger partial charge in [0.25, 0.3) is 0 Å². The molecule has 0 fully saturated rings. The fourth-order valence-corrected chi connectivity index (χ4v) is 7.03. The van der Waals surface area contributed by atoms with Crippen molar-refractivity contribution in [3.05, 3.63) is 105 Å². The van der Waals surface area contributed by atoms with Crippen LogP contribution in [0.15, 0.2) is 95.1 Å². The Morgan fingerprint density at radius 2 is 0.917 bits per heavy atom. The van der Waals surface area contributed by atoms with Crippen molar-refractivity contribution in [2.45, 2.75) is 13.8 Å². The first-order valence-electron chi connectivity index (χ1n) is 11.8. The summed E-state index contributed by atoms with van der Waals surface area (Å²) in [5.41, 5.74) is 8.51. The number of hydrogen-bond donors (Lipinski definition) is 2. The molecule has 2 N–H and O–H groups in total. The monoisotopic (exact) mass is 502 g/mol. The largest absolute Gasteiger partial charge is 0.278 e. The lowest BCUT2D eigenvalue weighted by molar-refractivity contribution is 1.25.